The maximum absolute atomic E-state index is 6.06. The fourth-order valence-electron chi connectivity index (χ4n) is 4.24. The summed E-state index contributed by atoms with van der Waals surface area (Å²) in [6.07, 6.45) is 3.08. The van der Waals surface area contributed by atoms with Crippen LogP contribution in [-0.4, -0.2) is 44.9 Å². The van der Waals surface area contributed by atoms with E-state index >= 15 is 0 Å². The van der Waals surface area contributed by atoms with Crippen LogP contribution < -0.4 is 15.4 Å². The van der Waals surface area contributed by atoms with Crippen molar-refractivity contribution >= 4 is 5.96 Å². The third-order valence-corrected chi connectivity index (χ3v) is 5.93. The minimum absolute atomic E-state index is 0.0436. The Morgan fingerprint density at radius 3 is 2.55 bits per heavy atom. The van der Waals surface area contributed by atoms with Crippen LogP contribution in [0.5, 0.6) is 5.75 Å². The molecule has 0 aromatic heterocycles. The topological polar surface area (TPSA) is 54.9 Å². The lowest BCUT2D eigenvalue weighted by molar-refractivity contribution is 0.0531. The van der Waals surface area contributed by atoms with Gasteiger partial charge in [0.05, 0.1) is 13.1 Å². The average molecular weight is 394 g/mol. The number of rotatable bonds is 6. The molecular weight excluding hydrogens is 362 g/mol. The van der Waals surface area contributed by atoms with E-state index in [-0.39, 0.29) is 11.5 Å². The van der Waals surface area contributed by atoms with Crippen LogP contribution in [0.4, 0.5) is 0 Å². The Kier molecular flexibility index (Phi) is 6.35. The monoisotopic (exact) mass is 393 g/mol. The first-order chi connectivity index (χ1) is 14.3. The molecule has 5 nitrogen and oxygen atoms in total. The van der Waals surface area contributed by atoms with Gasteiger partial charge in [-0.05, 0) is 37.0 Å². The summed E-state index contributed by atoms with van der Waals surface area (Å²) in [5, 5.41) is 6.88. The van der Waals surface area contributed by atoms with Gasteiger partial charge in [-0.1, -0.05) is 48.5 Å². The predicted molar refractivity (Wildman–Crippen MR) is 117 cm³/mol. The molecule has 2 aliphatic heterocycles. The van der Waals surface area contributed by atoms with Crippen molar-refractivity contribution in [1.82, 2.24) is 10.6 Å². The SMILES string of the molecule is CCNC(=NCC1(c2ccccc2)CCOCC1)NCC1Cc2ccccc2O1. The molecule has 0 spiro atoms. The zero-order chi connectivity index (χ0) is 19.9. The van der Waals surface area contributed by atoms with Crippen LogP contribution in [0, 0.1) is 0 Å². The summed E-state index contributed by atoms with van der Waals surface area (Å²) in [5.41, 5.74) is 2.69. The number of benzene rings is 2. The maximum atomic E-state index is 6.06. The van der Waals surface area contributed by atoms with Crippen LogP contribution in [0.15, 0.2) is 59.6 Å². The molecule has 0 amide bonds. The molecule has 1 unspecified atom stereocenters. The normalized spacial score (nSPS) is 20.6. The summed E-state index contributed by atoms with van der Waals surface area (Å²) in [6, 6.07) is 19.1. The van der Waals surface area contributed by atoms with Gasteiger partial charge in [0.15, 0.2) is 5.96 Å². The van der Waals surface area contributed by atoms with E-state index in [1.54, 1.807) is 0 Å². The van der Waals surface area contributed by atoms with Gasteiger partial charge in [-0.3, -0.25) is 4.99 Å². The average Bonchev–Trinajstić information content (AvgIpc) is 3.20. The van der Waals surface area contributed by atoms with E-state index < -0.39 is 0 Å². The Balaban J connectivity index is 1.42. The fourth-order valence-corrected chi connectivity index (χ4v) is 4.24. The molecule has 4 rings (SSSR count). The first kappa shape index (κ1) is 19.8. The first-order valence-corrected chi connectivity index (χ1v) is 10.7. The molecule has 0 radical (unpaired) electrons. The molecular formula is C24H31N3O2. The number of ether oxygens (including phenoxy) is 2. The molecule has 154 valence electrons. The number of nitrogens with one attached hydrogen (secondary N) is 2. The molecule has 1 fully saturated rings. The van der Waals surface area contributed by atoms with Gasteiger partial charge in [0.2, 0.25) is 0 Å². The van der Waals surface area contributed by atoms with Gasteiger partial charge in [-0.2, -0.15) is 0 Å². The first-order valence-electron chi connectivity index (χ1n) is 10.7. The second kappa shape index (κ2) is 9.31. The van der Waals surface area contributed by atoms with Crippen LogP contribution in [0.3, 0.4) is 0 Å². The van der Waals surface area contributed by atoms with Crippen molar-refractivity contribution in [3.63, 3.8) is 0 Å². The van der Waals surface area contributed by atoms with E-state index in [4.69, 9.17) is 14.5 Å². The van der Waals surface area contributed by atoms with Crippen LogP contribution >= 0.6 is 0 Å². The number of guanidine groups is 1. The van der Waals surface area contributed by atoms with Crippen LogP contribution in [0.25, 0.3) is 0 Å². The van der Waals surface area contributed by atoms with Crippen molar-refractivity contribution in [1.29, 1.82) is 0 Å². The van der Waals surface area contributed by atoms with Crippen molar-refractivity contribution in [3.8, 4) is 5.75 Å². The Morgan fingerprint density at radius 2 is 1.79 bits per heavy atom. The number of aliphatic imine (C=N–C) groups is 1. The quantitative estimate of drug-likeness (QED) is 0.584. The molecule has 2 N–H and O–H groups in total. The third kappa shape index (κ3) is 4.73. The molecule has 1 saturated heterocycles. The van der Waals surface area contributed by atoms with Gasteiger partial charge in [-0.25, -0.2) is 0 Å². The minimum Gasteiger partial charge on any atom is -0.488 e. The summed E-state index contributed by atoms with van der Waals surface area (Å²) < 4.78 is 11.7. The summed E-state index contributed by atoms with van der Waals surface area (Å²) in [4.78, 5) is 4.98. The Labute approximate surface area is 173 Å². The standard InChI is InChI=1S/C24H31N3O2/c1-2-25-23(26-17-21-16-19-8-6-7-11-22(19)29-21)27-18-24(12-14-28-15-13-24)20-9-4-3-5-10-20/h3-11,21H,2,12-18H2,1H3,(H2,25,26,27). The molecule has 1 atom stereocenters. The number of fused-ring (bicyclic) bond motifs is 1. The molecule has 0 bridgehead atoms. The van der Waals surface area contributed by atoms with Gasteiger partial charge >= 0.3 is 0 Å². The summed E-state index contributed by atoms with van der Waals surface area (Å²) in [7, 11) is 0. The summed E-state index contributed by atoms with van der Waals surface area (Å²) in [5.74, 6) is 1.86. The zero-order valence-corrected chi connectivity index (χ0v) is 17.2. The van der Waals surface area contributed by atoms with Crippen molar-refractivity contribution < 1.29 is 9.47 Å². The molecule has 0 aliphatic carbocycles. The molecule has 29 heavy (non-hydrogen) atoms. The maximum Gasteiger partial charge on any atom is 0.191 e. The van der Waals surface area contributed by atoms with Gasteiger partial charge in [0, 0.05) is 31.6 Å². The van der Waals surface area contributed by atoms with Crippen LogP contribution in [0.2, 0.25) is 0 Å². The smallest absolute Gasteiger partial charge is 0.191 e. The molecule has 2 aromatic rings. The second-order valence-electron chi connectivity index (χ2n) is 7.89. The largest absolute Gasteiger partial charge is 0.488 e. The van der Waals surface area contributed by atoms with Gasteiger partial charge in [0.25, 0.3) is 0 Å². The molecule has 2 aliphatic rings. The summed E-state index contributed by atoms with van der Waals surface area (Å²) in [6.45, 7) is 6.01. The molecule has 2 heterocycles. The molecule has 2 aromatic carbocycles. The van der Waals surface area contributed by atoms with Crippen molar-refractivity contribution in [2.24, 2.45) is 4.99 Å². The van der Waals surface area contributed by atoms with Crippen LogP contribution in [-0.2, 0) is 16.6 Å². The third-order valence-electron chi connectivity index (χ3n) is 5.93. The summed E-state index contributed by atoms with van der Waals surface area (Å²) >= 11 is 0. The van der Waals surface area contributed by atoms with Crippen LogP contribution in [0.1, 0.15) is 30.9 Å². The highest BCUT2D eigenvalue weighted by Gasteiger charge is 2.34. The molecule has 5 heteroatoms. The van der Waals surface area contributed by atoms with Crippen molar-refractivity contribution in [2.45, 2.75) is 37.7 Å². The van der Waals surface area contributed by atoms with Crippen molar-refractivity contribution in [3.05, 3.63) is 65.7 Å². The fraction of sp³-hybridized carbons (Fsp3) is 0.458. The minimum atomic E-state index is 0.0436. The highest BCUT2D eigenvalue weighted by Crippen LogP contribution is 2.35. The lowest BCUT2D eigenvalue weighted by Crippen LogP contribution is -2.44. The van der Waals surface area contributed by atoms with E-state index in [0.717, 1.165) is 63.8 Å². The van der Waals surface area contributed by atoms with E-state index in [1.165, 1.54) is 11.1 Å². The van der Waals surface area contributed by atoms with Crippen molar-refractivity contribution in [2.75, 3.05) is 32.8 Å². The second-order valence-corrected chi connectivity index (χ2v) is 7.89. The number of hydrogen-bond donors (Lipinski definition) is 2. The lowest BCUT2D eigenvalue weighted by Gasteiger charge is -2.36. The Hall–Kier alpha value is -2.53. The predicted octanol–water partition coefficient (Wildman–Crippen LogP) is 3.29. The number of nitrogens with zero attached hydrogens (tertiary/aromatic N) is 1. The van der Waals surface area contributed by atoms with E-state index in [9.17, 15) is 0 Å². The van der Waals surface area contributed by atoms with E-state index in [0.29, 0.717) is 0 Å². The van der Waals surface area contributed by atoms with E-state index in [1.807, 2.05) is 12.1 Å². The zero-order valence-electron chi connectivity index (χ0n) is 17.2. The number of para-hydroxylation sites is 1. The molecule has 0 saturated carbocycles. The van der Waals surface area contributed by atoms with Gasteiger partial charge < -0.3 is 20.1 Å². The number of hydrogen-bond acceptors (Lipinski definition) is 3. The van der Waals surface area contributed by atoms with E-state index in [2.05, 4.69) is 60.0 Å². The lowest BCUT2D eigenvalue weighted by atomic mass is 9.74. The highest BCUT2D eigenvalue weighted by molar-refractivity contribution is 5.79. The van der Waals surface area contributed by atoms with Gasteiger partial charge in [-0.15, -0.1) is 0 Å². The highest BCUT2D eigenvalue weighted by atomic mass is 16.5. The Morgan fingerprint density at radius 1 is 1.03 bits per heavy atom. The van der Waals surface area contributed by atoms with Gasteiger partial charge in [0.1, 0.15) is 11.9 Å². The Bertz CT molecular complexity index is 791.